The predicted molar refractivity (Wildman–Crippen MR) is 96.9 cm³/mol. The third kappa shape index (κ3) is 4.02. The average Bonchev–Trinajstić information content (AvgIpc) is 2.62. The van der Waals surface area contributed by atoms with Crippen molar-refractivity contribution in [1.29, 1.82) is 0 Å². The molecule has 2 aromatic rings. The van der Waals surface area contributed by atoms with E-state index in [2.05, 4.69) is 11.9 Å². The van der Waals surface area contributed by atoms with Gasteiger partial charge in [-0.15, -0.1) is 0 Å². The highest BCUT2D eigenvalue weighted by Gasteiger charge is 2.34. The molecule has 0 N–H and O–H groups in total. The Kier molecular flexibility index (Phi) is 5.40. The molecule has 0 bridgehead atoms. The highest BCUT2D eigenvalue weighted by molar-refractivity contribution is 6.34. The topological polar surface area (TPSA) is 48.4 Å². The van der Waals surface area contributed by atoms with Crippen LogP contribution in [-0.4, -0.2) is 23.2 Å². The maximum Gasteiger partial charge on any atom is 0.341 e. The van der Waals surface area contributed by atoms with Crippen LogP contribution in [0, 0.1) is 0 Å². The van der Waals surface area contributed by atoms with Crippen LogP contribution in [0.1, 0.15) is 47.4 Å². The molecule has 0 radical (unpaired) electrons. The number of carbonyl (C=O) groups is 1. The fourth-order valence-corrected chi connectivity index (χ4v) is 3.41. The van der Waals surface area contributed by atoms with Gasteiger partial charge in [0.2, 0.25) is 0 Å². The molecule has 132 valence electrons. The third-order valence-electron chi connectivity index (χ3n) is 4.57. The lowest BCUT2D eigenvalue weighted by molar-refractivity contribution is -0.0524. The lowest BCUT2D eigenvalue weighted by Gasteiger charge is -2.35. The van der Waals surface area contributed by atoms with Crippen LogP contribution >= 0.6 is 11.6 Å². The molecular formula is C20H22ClNO3. The molecule has 1 aromatic carbocycles. The van der Waals surface area contributed by atoms with Crippen LogP contribution in [0.2, 0.25) is 5.02 Å². The van der Waals surface area contributed by atoms with Crippen molar-refractivity contribution in [2.75, 3.05) is 6.61 Å². The molecule has 1 heterocycles. The van der Waals surface area contributed by atoms with Gasteiger partial charge in [0.1, 0.15) is 0 Å². The molecule has 1 aliphatic carbocycles. The molecule has 0 aliphatic heterocycles. The van der Waals surface area contributed by atoms with Gasteiger partial charge >= 0.3 is 5.97 Å². The summed E-state index contributed by atoms with van der Waals surface area (Å²) in [5.74, 6) is -0.430. The fourth-order valence-electron chi connectivity index (χ4n) is 3.11. The van der Waals surface area contributed by atoms with E-state index in [-0.39, 0.29) is 5.60 Å². The maximum atomic E-state index is 12.0. The number of benzene rings is 1. The number of hydrogen-bond acceptors (Lipinski definition) is 4. The molecule has 25 heavy (non-hydrogen) atoms. The Labute approximate surface area is 153 Å². The van der Waals surface area contributed by atoms with Gasteiger partial charge in [-0.1, -0.05) is 41.9 Å². The lowest BCUT2D eigenvalue weighted by Crippen LogP contribution is -2.36. The number of aryl methyl sites for hydroxylation is 1. The van der Waals surface area contributed by atoms with Crippen LogP contribution in [-0.2, 0) is 28.9 Å². The molecule has 4 nitrogen and oxygen atoms in total. The van der Waals surface area contributed by atoms with Gasteiger partial charge in [-0.05, 0) is 37.8 Å². The number of rotatable bonds is 5. The number of nitrogens with zero attached hydrogens (tertiary/aromatic N) is 1. The first-order chi connectivity index (χ1) is 12.0. The van der Waals surface area contributed by atoms with Crippen LogP contribution in [0.4, 0.5) is 0 Å². The predicted octanol–water partition coefficient (Wildman–Crippen LogP) is 4.38. The molecule has 0 saturated carbocycles. The summed E-state index contributed by atoms with van der Waals surface area (Å²) in [5.41, 5.74) is 2.98. The molecular weight excluding hydrogens is 338 g/mol. The first-order valence-electron chi connectivity index (χ1n) is 8.53. The summed E-state index contributed by atoms with van der Waals surface area (Å²) < 4.78 is 11.3. The van der Waals surface area contributed by atoms with Gasteiger partial charge in [-0.25, -0.2) is 4.79 Å². The number of halogens is 1. The summed E-state index contributed by atoms with van der Waals surface area (Å²) >= 11 is 6.51. The zero-order valence-corrected chi connectivity index (χ0v) is 15.3. The highest BCUT2D eigenvalue weighted by Crippen LogP contribution is 2.36. The van der Waals surface area contributed by atoms with Crippen molar-refractivity contribution in [3.63, 3.8) is 0 Å². The fraction of sp³-hybridized carbons (Fsp3) is 0.400. The Morgan fingerprint density at radius 2 is 2.08 bits per heavy atom. The van der Waals surface area contributed by atoms with E-state index in [0.717, 1.165) is 29.7 Å². The second-order valence-corrected chi connectivity index (χ2v) is 6.91. The Bertz CT molecular complexity index is 763. The average molecular weight is 360 g/mol. The molecule has 1 aliphatic rings. The van der Waals surface area contributed by atoms with Crippen molar-refractivity contribution in [2.45, 2.75) is 45.3 Å². The monoisotopic (exact) mass is 359 g/mol. The van der Waals surface area contributed by atoms with Gasteiger partial charge in [-0.2, -0.15) is 0 Å². The van der Waals surface area contributed by atoms with Gasteiger partial charge in [0.15, 0.2) is 0 Å². The van der Waals surface area contributed by atoms with Crippen molar-refractivity contribution < 1.29 is 14.3 Å². The summed E-state index contributed by atoms with van der Waals surface area (Å²) in [6.45, 7) is 4.72. The first-order valence-corrected chi connectivity index (χ1v) is 8.91. The summed E-state index contributed by atoms with van der Waals surface area (Å²) in [4.78, 5) is 16.5. The number of hydrogen-bond donors (Lipinski definition) is 0. The van der Waals surface area contributed by atoms with E-state index in [9.17, 15) is 4.79 Å². The molecule has 1 unspecified atom stereocenters. The van der Waals surface area contributed by atoms with Crippen molar-refractivity contribution in [3.8, 4) is 0 Å². The summed E-state index contributed by atoms with van der Waals surface area (Å²) in [6, 6.07) is 10.1. The number of aromatic nitrogens is 1. The summed E-state index contributed by atoms with van der Waals surface area (Å²) in [6.07, 6.45) is 3.80. The standard InChI is InChI=1S/C20H22ClNO3/c1-3-24-19(23)16-12-22-17-9-10-20(2,11-15(17)18(16)21)25-13-14-7-5-4-6-8-14/h4-8,12H,3,9-11,13H2,1-2H3. The van der Waals surface area contributed by atoms with E-state index in [0.29, 0.717) is 30.2 Å². The Morgan fingerprint density at radius 1 is 1.32 bits per heavy atom. The smallest absolute Gasteiger partial charge is 0.341 e. The van der Waals surface area contributed by atoms with Gasteiger partial charge in [0, 0.05) is 18.3 Å². The van der Waals surface area contributed by atoms with Crippen LogP contribution < -0.4 is 0 Å². The zero-order valence-electron chi connectivity index (χ0n) is 14.5. The van der Waals surface area contributed by atoms with Crippen LogP contribution in [0.3, 0.4) is 0 Å². The van der Waals surface area contributed by atoms with Crippen LogP contribution in [0.15, 0.2) is 36.5 Å². The molecule has 3 rings (SSSR count). The van der Waals surface area contributed by atoms with E-state index in [1.54, 1.807) is 6.92 Å². The van der Waals surface area contributed by atoms with Gasteiger partial charge in [0.05, 0.1) is 29.4 Å². The van der Waals surface area contributed by atoms with E-state index in [1.165, 1.54) is 6.20 Å². The normalized spacial score (nSPS) is 19.3. The Hall–Kier alpha value is -1.91. The second-order valence-electron chi connectivity index (χ2n) is 6.53. The van der Waals surface area contributed by atoms with Crippen molar-refractivity contribution in [1.82, 2.24) is 4.98 Å². The van der Waals surface area contributed by atoms with Crippen molar-refractivity contribution in [3.05, 3.63) is 63.9 Å². The quantitative estimate of drug-likeness (QED) is 0.743. The van der Waals surface area contributed by atoms with E-state index < -0.39 is 5.97 Å². The van der Waals surface area contributed by atoms with Gasteiger partial charge in [-0.3, -0.25) is 4.98 Å². The first kappa shape index (κ1) is 17.9. The molecule has 5 heteroatoms. The van der Waals surface area contributed by atoms with Crippen LogP contribution in [0.5, 0.6) is 0 Å². The second kappa shape index (κ2) is 7.54. The minimum atomic E-state index is -0.430. The van der Waals surface area contributed by atoms with Gasteiger partial charge < -0.3 is 9.47 Å². The lowest BCUT2D eigenvalue weighted by atomic mass is 9.83. The molecule has 0 spiro atoms. The van der Waals surface area contributed by atoms with Crippen molar-refractivity contribution >= 4 is 17.6 Å². The number of ether oxygens (including phenoxy) is 2. The van der Waals surface area contributed by atoms with Crippen LogP contribution in [0.25, 0.3) is 0 Å². The minimum absolute atomic E-state index is 0.310. The third-order valence-corrected chi connectivity index (χ3v) is 5.00. The number of fused-ring (bicyclic) bond motifs is 1. The van der Waals surface area contributed by atoms with Crippen molar-refractivity contribution in [2.24, 2.45) is 0 Å². The molecule has 1 atom stereocenters. The number of esters is 1. The molecule has 0 saturated heterocycles. The largest absolute Gasteiger partial charge is 0.462 e. The zero-order chi connectivity index (χ0) is 17.9. The van der Waals surface area contributed by atoms with E-state index in [1.807, 2.05) is 30.3 Å². The minimum Gasteiger partial charge on any atom is -0.462 e. The summed E-state index contributed by atoms with van der Waals surface area (Å²) in [7, 11) is 0. The molecule has 1 aromatic heterocycles. The van der Waals surface area contributed by atoms with E-state index >= 15 is 0 Å². The molecule has 0 fully saturated rings. The SMILES string of the molecule is CCOC(=O)c1cnc2c(c1Cl)CC(C)(OCc1ccccc1)CC2. The maximum absolute atomic E-state index is 12.0. The summed E-state index contributed by atoms with van der Waals surface area (Å²) in [5, 5.41) is 0.442. The number of carbonyl (C=O) groups excluding carboxylic acids is 1. The Balaban J connectivity index is 1.79. The molecule has 0 amide bonds. The number of pyridine rings is 1. The van der Waals surface area contributed by atoms with Gasteiger partial charge in [0.25, 0.3) is 0 Å². The Morgan fingerprint density at radius 3 is 2.80 bits per heavy atom. The van der Waals surface area contributed by atoms with E-state index in [4.69, 9.17) is 21.1 Å². The highest BCUT2D eigenvalue weighted by atomic mass is 35.5.